The largest absolute Gasteiger partial charge is 0.310 e. The topological polar surface area (TPSA) is 34.0 Å². The summed E-state index contributed by atoms with van der Waals surface area (Å²) in [5.41, 5.74) is 14.1. The quantitative estimate of drug-likeness (QED) is 0.161. The van der Waals surface area contributed by atoms with Crippen molar-refractivity contribution in [1.82, 2.24) is 14.5 Å². The lowest BCUT2D eigenvalue weighted by Gasteiger charge is -2.42. The lowest BCUT2D eigenvalue weighted by molar-refractivity contribution is 0.632. The molecule has 0 aliphatic carbocycles. The Bertz CT molecular complexity index is 4030. The van der Waals surface area contributed by atoms with Crippen LogP contribution in [0.25, 0.3) is 92.0 Å². The number of benzene rings is 9. The maximum absolute atomic E-state index is 5.79. The predicted octanol–water partition coefficient (Wildman–Crippen LogP) is 19.1. The minimum Gasteiger partial charge on any atom is -0.310 e. The van der Waals surface area contributed by atoms with Crippen LogP contribution in [0.3, 0.4) is 0 Å². The van der Waals surface area contributed by atoms with Crippen LogP contribution in [0, 0.1) is 13.8 Å². The van der Waals surface area contributed by atoms with Gasteiger partial charge < -0.3 is 4.90 Å². The van der Waals surface area contributed by atoms with E-state index in [1.54, 1.807) is 23.5 Å². The molecule has 1 aliphatic heterocycles. The second kappa shape index (κ2) is 18.3. The average molecular weight is 937 g/mol. The number of aromatic nitrogens is 3. The number of allylic oxidation sites excluding steroid dienone is 2. The third-order valence-corrected chi connectivity index (χ3v) is 15.1. The summed E-state index contributed by atoms with van der Waals surface area (Å²) in [6.45, 7) is 20.2. The SMILES string of the molecule is C=CC=C.CCC.Cc1cc2ccccc2cc1-c1c(C)c2c(c3ccccc13)c1ccccc1n2-c1nc(-c2ccc3c(c2)N(c2ccccc2)c2ccccc2C3(C)C)nc2sc3ccccc3c12. The van der Waals surface area contributed by atoms with Crippen molar-refractivity contribution in [2.24, 2.45) is 0 Å². The van der Waals surface area contributed by atoms with E-state index >= 15 is 0 Å². The lowest BCUT2D eigenvalue weighted by Crippen LogP contribution is -2.30. The molecule has 0 spiro atoms. The molecule has 346 valence electrons. The van der Waals surface area contributed by atoms with E-state index < -0.39 is 0 Å². The van der Waals surface area contributed by atoms with E-state index in [0.29, 0.717) is 5.82 Å². The minimum atomic E-state index is -0.221. The number of hydrogen-bond donors (Lipinski definition) is 0. The Balaban J connectivity index is 0.000000738. The van der Waals surface area contributed by atoms with Crippen molar-refractivity contribution in [2.45, 2.75) is 53.4 Å². The van der Waals surface area contributed by atoms with Gasteiger partial charge in [-0.2, -0.15) is 0 Å². The Kier molecular flexibility index (Phi) is 11.7. The molecule has 9 aromatic carbocycles. The van der Waals surface area contributed by atoms with Gasteiger partial charge >= 0.3 is 0 Å². The van der Waals surface area contributed by atoms with Crippen LogP contribution < -0.4 is 4.90 Å². The van der Waals surface area contributed by atoms with Gasteiger partial charge in [-0.25, -0.2) is 9.97 Å². The minimum absolute atomic E-state index is 0.221. The molecule has 0 bridgehead atoms. The fraction of sp³-hybridized carbons (Fsp3) is 0.121. The number of para-hydroxylation sites is 3. The van der Waals surface area contributed by atoms with Gasteiger partial charge in [-0.1, -0.05) is 199 Å². The van der Waals surface area contributed by atoms with Crippen molar-refractivity contribution in [2.75, 3.05) is 4.90 Å². The zero-order valence-electron chi connectivity index (χ0n) is 41.3. The van der Waals surface area contributed by atoms with Crippen LogP contribution >= 0.6 is 11.3 Å². The summed E-state index contributed by atoms with van der Waals surface area (Å²) in [6.07, 6.45) is 4.53. The van der Waals surface area contributed by atoms with E-state index in [1.807, 2.05) is 0 Å². The Hall–Kier alpha value is -8.12. The highest BCUT2D eigenvalue weighted by molar-refractivity contribution is 7.25. The van der Waals surface area contributed by atoms with Crippen LogP contribution in [0.15, 0.2) is 207 Å². The summed E-state index contributed by atoms with van der Waals surface area (Å²) in [5, 5.41) is 9.67. The normalized spacial score (nSPS) is 12.6. The van der Waals surface area contributed by atoms with E-state index in [-0.39, 0.29) is 5.41 Å². The number of hydrogen-bond acceptors (Lipinski definition) is 4. The molecule has 4 heterocycles. The monoisotopic (exact) mass is 936 g/mol. The fourth-order valence-electron chi connectivity index (χ4n) is 10.9. The van der Waals surface area contributed by atoms with Gasteiger partial charge in [-0.3, -0.25) is 4.57 Å². The molecule has 0 saturated heterocycles. The van der Waals surface area contributed by atoms with Gasteiger partial charge in [0, 0.05) is 37.5 Å². The van der Waals surface area contributed by atoms with Crippen molar-refractivity contribution in [3.05, 3.63) is 230 Å². The first-order chi connectivity index (χ1) is 34.7. The third-order valence-electron chi connectivity index (χ3n) is 14.0. The molecule has 71 heavy (non-hydrogen) atoms. The molecule has 3 aromatic heterocycles. The van der Waals surface area contributed by atoms with Gasteiger partial charge in [-0.15, -0.1) is 11.3 Å². The van der Waals surface area contributed by atoms with Crippen LogP contribution in [0.5, 0.6) is 0 Å². The van der Waals surface area contributed by atoms with E-state index in [9.17, 15) is 0 Å². The van der Waals surface area contributed by atoms with Gasteiger partial charge in [0.05, 0.1) is 27.8 Å². The predicted molar refractivity (Wildman–Crippen MR) is 308 cm³/mol. The highest BCUT2D eigenvalue weighted by Crippen LogP contribution is 2.53. The molecular formula is C66H56N4S. The Morgan fingerprint density at radius 3 is 1.93 bits per heavy atom. The zero-order chi connectivity index (χ0) is 49.0. The highest BCUT2D eigenvalue weighted by Gasteiger charge is 2.37. The molecule has 0 amide bonds. The Morgan fingerprint density at radius 1 is 0.577 bits per heavy atom. The first-order valence-electron chi connectivity index (χ1n) is 24.6. The van der Waals surface area contributed by atoms with Crippen molar-refractivity contribution in [1.29, 1.82) is 0 Å². The van der Waals surface area contributed by atoms with Gasteiger partial charge in [0.1, 0.15) is 4.83 Å². The Labute approximate surface area is 420 Å². The Morgan fingerprint density at radius 2 is 1.18 bits per heavy atom. The number of nitrogens with zero attached hydrogens (tertiary/aromatic N) is 4. The summed E-state index contributed by atoms with van der Waals surface area (Å²) in [5.74, 6) is 1.60. The number of fused-ring (bicyclic) bond motifs is 11. The van der Waals surface area contributed by atoms with Gasteiger partial charge in [0.2, 0.25) is 0 Å². The van der Waals surface area contributed by atoms with Crippen LogP contribution in [0.1, 0.15) is 56.4 Å². The molecule has 0 unspecified atom stereocenters. The van der Waals surface area contributed by atoms with Crippen molar-refractivity contribution >= 4 is 92.1 Å². The first-order valence-corrected chi connectivity index (χ1v) is 25.5. The van der Waals surface area contributed by atoms with Crippen LogP contribution in [-0.2, 0) is 5.41 Å². The summed E-state index contributed by atoms with van der Waals surface area (Å²) in [4.78, 5) is 14.7. The number of thiophene rings is 1. The average Bonchev–Trinajstić information content (AvgIpc) is 3.96. The maximum atomic E-state index is 5.79. The summed E-state index contributed by atoms with van der Waals surface area (Å²) in [6, 6.07) is 66.4. The van der Waals surface area contributed by atoms with E-state index in [1.165, 1.54) is 88.0 Å². The summed E-state index contributed by atoms with van der Waals surface area (Å²) < 4.78 is 3.66. The molecule has 0 fully saturated rings. The van der Waals surface area contributed by atoms with E-state index in [0.717, 1.165) is 43.9 Å². The summed E-state index contributed by atoms with van der Waals surface area (Å²) in [7, 11) is 0. The van der Waals surface area contributed by atoms with Crippen LogP contribution in [0.2, 0.25) is 0 Å². The van der Waals surface area contributed by atoms with E-state index in [4.69, 9.17) is 9.97 Å². The van der Waals surface area contributed by atoms with Crippen molar-refractivity contribution in [3.8, 4) is 28.3 Å². The van der Waals surface area contributed by atoms with Crippen molar-refractivity contribution < 1.29 is 0 Å². The first kappa shape index (κ1) is 45.3. The van der Waals surface area contributed by atoms with Crippen LogP contribution in [-0.4, -0.2) is 14.5 Å². The van der Waals surface area contributed by atoms with Gasteiger partial charge in [0.25, 0.3) is 0 Å². The number of rotatable bonds is 5. The summed E-state index contributed by atoms with van der Waals surface area (Å²) >= 11 is 1.74. The van der Waals surface area contributed by atoms with Gasteiger partial charge in [0.15, 0.2) is 11.6 Å². The van der Waals surface area contributed by atoms with E-state index in [2.05, 4.69) is 246 Å². The standard InChI is InChI=1S/C59H42N4S.C4H6.C3H8/c1-35-32-37-18-8-9-19-38(37)33-45(35)52-36(2)55-53(42-23-11-10-22-41(42)52)43-24-12-15-27-48(43)63(55)57-54-44-25-13-17-29-51(44)64-58(54)61-56(60-57)39-30-31-47-50(34-39)62(40-20-6-5-7-21-40)49-28-16-14-26-46(49)59(47,3)4;1-3-4-2;1-3-2/h5-34H,1-4H3;3-4H,1-2H2;3H2,1-2H3. The molecule has 0 saturated carbocycles. The number of aryl methyl sites for hydroxylation is 2. The smallest absolute Gasteiger partial charge is 0.163 e. The van der Waals surface area contributed by atoms with Crippen LogP contribution in [0.4, 0.5) is 17.1 Å². The maximum Gasteiger partial charge on any atom is 0.163 e. The molecule has 4 nitrogen and oxygen atoms in total. The second-order valence-electron chi connectivity index (χ2n) is 19.0. The molecule has 12 aromatic rings. The van der Waals surface area contributed by atoms with Gasteiger partial charge in [-0.05, 0) is 111 Å². The van der Waals surface area contributed by atoms with Crippen molar-refractivity contribution in [3.63, 3.8) is 0 Å². The lowest BCUT2D eigenvalue weighted by atomic mass is 9.73. The molecule has 13 rings (SSSR count). The zero-order valence-corrected chi connectivity index (χ0v) is 42.1. The molecular weight excluding hydrogens is 881 g/mol. The highest BCUT2D eigenvalue weighted by atomic mass is 32.1. The molecule has 0 radical (unpaired) electrons. The molecule has 0 N–H and O–H groups in total. The molecule has 1 aliphatic rings. The third kappa shape index (κ3) is 7.42. The molecule has 5 heteroatoms. The number of anilines is 3. The molecule has 0 atom stereocenters. The fourth-order valence-corrected chi connectivity index (χ4v) is 12.0. The second-order valence-corrected chi connectivity index (χ2v) is 20.0.